The summed E-state index contributed by atoms with van der Waals surface area (Å²) in [5.74, 6) is 0. The van der Waals surface area contributed by atoms with Crippen LogP contribution in [0, 0.1) is 0 Å². The minimum absolute atomic E-state index is 0.415. The molecule has 0 nitrogen and oxygen atoms in total. The predicted octanol–water partition coefficient (Wildman–Crippen LogP) is 2.37. The van der Waals surface area contributed by atoms with Crippen LogP contribution in [0.1, 0.15) is 0 Å². The number of hydrogen-bond donors (Lipinski definition) is 0. The summed E-state index contributed by atoms with van der Waals surface area (Å²) < 4.78 is 12.1. The second kappa shape index (κ2) is 3.51. The van der Waals surface area contributed by atoms with E-state index < -0.39 is 6.67 Å². The number of allylic oxidation sites excluding steroid dienone is 5. The van der Waals surface area contributed by atoms with Crippen molar-refractivity contribution in [2.24, 2.45) is 0 Å². The predicted molar refractivity (Wildman–Crippen MR) is 44.5 cm³/mol. The van der Waals surface area contributed by atoms with E-state index in [9.17, 15) is 4.39 Å². The highest BCUT2D eigenvalue weighted by Crippen LogP contribution is 2.16. The Morgan fingerprint density at radius 3 is 3.10 bits per heavy atom. The van der Waals surface area contributed by atoms with E-state index in [1.54, 1.807) is 24.3 Å². The van der Waals surface area contributed by atoms with Gasteiger partial charge in [-0.1, -0.05) is 12.2 Å². The van der Waals surface area contributed by atoms with Crippen molar-refractivity contribution in [2.45, 2.75) is 0 Å². The van der Waals surface area contributed by atoms with Crippen LogP contribution < -0.4 is 0 Å². The van der Waals surface area contributed by atoms with E-state index in [2.05, 4.69) is 15.0 Å². The summed E-state index contributed by atoms with van der Waals surface area (Å²) in [6.07, 6.45) is 7.04. The first-order valence-electron chi connectivity index (χ1n) is 2.98. The third kappa shape index (κ3) is 1.67. The molecule has 0 aromatic heterocycles. The van der Waals surface area contributed by atoms with E-state index >= 15 is 0 Å². The second-order valence-corrected chi connectivity index (χ2v) is 2.57. The second-order valence-electron chi connectivity index (χ2n) is 1.95. The van der Waals surface area contributed by atoms with Crippen LogP contribution in [0.4, 0.5) is 4.39 Å². The van der Waals surface area contributed by atoms with Gasteiger partial charge in [0.1, 0.15) is 6.67 Å². The molecule has 0 fully saturated rings. The molecule has 1 aliphatic rings. The first kappa shape index (κ1) is 7.47. The molecular weight excluding hydrogens is 146 g/mol. The number of alkyl halides is 1. The van der Waals surface area contributed by atoms with Crippen LogP contribution in [0.15, 0.2) is 40.9 Å². The lowest BCUT2D eigenvalue weighted by Crippen LogP contribution is -1.81. The SMILES string of the molecule is FCC1=C(P)C=C=CC=C1. The van der Waals surface area contributed by atoms with Gasteiger partial charge in [-0.3, -0.25) is 0 Å². The maximum absolute atomic E-state index is 12.1. The van der Waals surface area contributed by atoms with Crippen molar-refractivity contribution in [1.29, 1.82) is 0 Å². The lowest BCUT2D eigenvalue weighted by Gasteiger charge is -1.95. The molecule has 0 amide bonds. The van der Waals surface area contributed by atoms with Gasteiger partial charge in [0.15, 0.2) is 0 Å². The molecule has 0 aromatic carbocycles. The van der Waals surface area contributed by atoms with Crippen LogP contribution in [0.25, 0.3) is 0 Å². The summed E-state index contributed by atoms with van der Waals surface area (Å²) in [5.41, 5.74) is 3.58. The Morgan fingerprint density at radius 1 is 1.60 bits per heavy atom. The molecule has 1 atom stereocenters. The molecule has 0 heterocycles. The van der Waals surface area contributed by atoms with Crippen LogP contribution >= 0.6 is 9.24 Å². The Balaban J connectivity index is 2.99. The molecule has 0 aliphatic heterocycles. The van der Waals surface area contributed by atoms with Crippen molar-refractivity contribution in [3.05, 3.63) is 40.9 Å². The van der Waals surface area contributed by atoms with Gasteiger partial charge in [0.05, 0.1) is 0 Å². The fourth-order valence-corrected chi connectivity index (χ4v) is 0.938. The van der Waals surface area contributed by atoms with Crippen LogP contribution in [0.2, 0.25) is 0 Å². The Hall–Kier alpha value is -0.640. The summed E-state index contributed by atoms with van der Waals surface area (Å²) in [6.45, 7) is -0.415. The normalized spacial score (nSPS) is 16.2. The quantitative estimate of drug-likeness (QED) is 0.401. The first-order chi connectivity index (χ1) is 4.84. The van der Waals surface area contributed by atoms with E-state index in [0.717, 1.165) is 5.31 Å². The van der Waals surface area contributed by atoms with Crippen LogP contribution in [0.3, 0.4) is 0 Å². The van der Waals surface area contributed by atoms with Crippen molar-refractivity contribution in [3.8, 4) is 0 Å². The fourth-order valence-electron chi connectivity index (χ4n) is 0.668. The van der Waals surface area contributed by atoms with Gasteiger partial charge in [0.25, 0.3) is 0 Å². The Labute approximate surface area is 62.0 Å². The molecule has 1 rings (SSSR count). The summed E-state index contributed by atoms with van der Waals surface area (Å²) in [5, 5.41) is 0.868. The molecule has 1 unspecified atom stereocenters. The zero-order valence-corrected chi connectivity index (χ0v) is 6.63. The minimum Gasteiger partial charge on any atom is -0.246 e. The van der Waals surface area contributed by atoms with Gasteiger partial charge < -0.3 is 0 Å². The molecule has 10 heavy (non-hydrogen) atoms. The van der Waals surface area contributed by atoms with Crippen molar-refractivity contribution in [2.75, 3.05) is 6.67 Å². The van der Waals surface area contributed by atoms with Gasteiger partial charge in [0, 0.05) is 0 Å². The molecule has 0 saturated heterocycles. The van der Waals surface area contributed by atoms with E-state index in [-0.39, 0.29) is 0 Å². The summed E-state index contributed by atoms with van der Waals surface area (Å²) in [6, 6.07) is 0. The van der Waals surface area contributed by atoms with Gasteiger partial charge in [0.2, 0.25) is 0 Å². The third-order valence-corrected chi connectivity index (χ3v) is 1.78. The van der Waals surface area contributed by atoms with Gasteiger partial charge in [-0.25, -0.2) is 4.39 Å². The third-order valence-electron chi connectivity index (χ3n) is 1.24. The summed E-state index contributed by atoms with van der Waals surface area (Å²) in [7, 11) is 2.47. The maximum Gasteiger partial charge on any atom is 0.115 e. The summed E-state index contributed by atoms with van der Waals surface area (Å²) >= 11 is 0. The molecule has 0 saturated carbocycles. The minimum atomic E-state index is -0.415. The van der Waals surface area contributed by atoms with Gasteiger partial charge >= 0.3 is 0 Å². The van der Waals surface area contributed by atoms with Gasteiger partial charge in [-0.2, -0.15) is 0 Å². The van der Waals surface area contributed by atoms with Crippen LogP contribution in [-0.4, -0.2) is 6.67 Å². The molecule has 0 N–H and O–H groups in total. The topological polar surface area (TPSA) is 0 Å². The Kier molecular flexibility index (Phi) is 2.62. The highest BCUT2D eigenvalue weighted by molar-refractivity contribution is 7.23. The van der Waals surface area contributed by atoms with Gasteiger partial charge in [-0.15, -0.1) is 15.0 Å². The average Bonchev–Trinajstić information content (AvgIpc) is 2.13. The van der Waals surface area contributed by atoms with Crippen molar-refractivity contribution in [3.63, 3.8) is 0 Å². The van der Waals surface area contributed by atoms with Gasteiger partial charge in [-0.05, 0) is 23.0 Å². The van der Waals surface area contributed by atoms with E-state index in [4.69, 9.17) is 0 Å². The largest absolute Gasteiger partial charge is 0.246 e. The average molecular weight is 154 g/mol. The standard InChI is InChI=1S/C8H8FP/c9-6-7-4-2-1-3-5-8(7)10/h1-2,4-5H,6,10H2. The van der Waals surface area contributed by atoms with Crippen LogP contribution in [-0.2, 0) is 0 Å². The first-order valence-corrected chi connectivity index (χ1v) is 3.56. The van der Waals surface area contributed by atoms with E-state index in [1.165, 1.54) is 0 Å². The van der Waals surface area contributed by atoms with E-state index in [1.807, 2.05) is 0 Å². The molecular formula is C8H8FP. The fraction of sp³-hybridized carbons (Fsp3) is 0.125. The number of rotatable bonds is 1. The Morgan fingerprint density at radius 2 is 2.40 bits per heavy atom. The zero-order valence-electron chi connectivity index (χ0n) is 5.47. The molecule has 0 aromatic rings. The highest BCUT2D eigenvalue weighted by atomic mass is 31.0. The monoisotopic (exact) mass is 154 g/mol. The Bertz CT molecular complexity index is 242. The maximum atomic E-state index is 12.1. The molecule has 0 spiro atoms. The smallest absolute Gasteiger partial charge is 0.115 e. The molecule has 1 aliphatic carbocycles. The zero-order chi connectivity index (χ0) is 7.40. The number of halogens is 1. The van der Waals surface area contributed by atoms with Crippen molar-refractivity contribution < 1.29 is 4.39 Å². The number of hydrogen-bond acceptors (Lipinski definition) is 0. The van der Waals surface area contributed by atoms with Crippen molar-refractivity contribution >= 4 is 9.24 Å². The van der Waals surface area contributed by atoms with Crippen LogP contribution in [0.5, 0.6) is 0 Å². The molecule has 0 radical (unpaired) electrons. The highest BCUT2D eigenvalue weighted by Gasteiger charge is 1.95. The lowest BCUT2D eigenvalue weighted by molar-refractivity contribution is 0.549. The molecule has 2 heteroatoms. The molecule has 52 valence electrons. The van der Waals surface area contributed by atoms with E-state index in [0.29, 0.717) is 5.57 Å². The summed E-state index contributed by atoms with van der Waals surface area (Å²) in [4.78, 5) is 0. The molecule has 0 bridgehead atoms. The lowest BCUT2D eigenvalue weighted by atomic mass is 10.2. The van der Waals surface area contributed by atoms with Crippen molar-refractivity contribution in [1.82, 2.24) is 0 Å².